The summed E-state index contributed by atoms with van der Waals surface area (Å²) >= 11 is 1.51. The molecule has 208 valence electrons. The van der Waals surface area contributed by atoms with E-state index in [-0.39, 0.29) is 24.5 Å². The quantitative estimate of drug-likeness (QED) is 0.136. The topological polar surface area (TPSA) is 197 Å². The molecule has 0 radical (unpaired) electrons. The fourth-order valence-corrected chi connectivity index (χ4v) is 3.92. The number of unbranched alkanes of at least 4 members (excludes halogenated alkanes) is 1. The van der Waals surface area contributed by atoms with Crippen LogP contribution in [0.4, 0.5) is 0 Å². The van der Waals surface area contributed by atoms with E-state index in [1.54, 1.807) is 26.0 Å². The minimum atomic E-state index is -1.25. The largest absolute Gasteiger partial charge is 0.508 e. The number of aromatic hydroxyl groups is 1. The van der Waals surface area contributed by atoms with Gasteiger partial charge in [0, 0.05) is 6.42 Å². The van der Waals surface area contributed by atoms with Crippen LogP contribution in [0.1, 0.15) is 45.1 Å². The smallest absolute Gasteiger partial charge is 0.326 e. The maximum absolute atomic E-state index is 13.1. The predicted molar refractivity (Wildman–Crippen MR) is 144 cm³/mol. The van der Waals surface area contributed by atoms with Gasteiger partial charge >= 0.3 is 5.97 Å². The molecule has 9 N–H and O–H groups in total. The first-order valence-corrected chi connectivity index (χ1v) is 13.8. The second-order valence-electron chi connectivity index (χ2n) is 9.23. The van der Waals surface area contributed by atoms with Gasteiger partial charge < -0.3 is 37.6 Å². The van der Waals surface area contributed by atoms with E-state index in [9.17, 15) is 29.4 Å². The van der Waals surface area contributed by atoms with E-state index < -0.39 is 47.9 Å². The number of amides is 3. The van der Waals surface area contributed by atoms with Gasteiger partial charge in [0.05, 0.1) is 6.04 Å². The maximum Gasteiger partial charge on any atom is 0.326 e. The number of nitrogens with one attached hydrogen (secondary N) is 3. The van der Waals surface area contributed by atoms with Crippen LogP contribution >= 0.6 is 11.8 Å². The van der Waals surface area contributed by atoms with Gasteiger partial charge in [-0.05, 0) is 67.9 Å². The lowest BCUT2D eigenvalue weighted by atomic mass is 10.0. The second kappa shape index (κ2) is 16.8. The summed E-state index contributed by atoms with van der Waals surface area (Å²) in [5.41, 5.74) is 12.1. The normalized spacial score (nSPS) is 14.3. The molecule has 0 bridgehead atoms. The van der Waals surface area contributed by atoms with Crippen LogP contribution in [0.25, 0.3) is 0 Å². The third-order valence-electron chi connectivity index (χ3n) is 5.84. The molecule has 4 atom stereocenters. The number of phenolic OH excluding ortho intramolecular Hbond substituents is 1. The lowest BCUT2D eigenvalue weighted by Gasteiger charge is -2.26. The summed E-state index contributed by atoms with van der Waals surface area (Å²) in [5.74, 6) is -2.38. The molecule has 3 amide bonds. The van der Waals surface area contributed by atoms with Gasteiger partial charge in [0.2, 0.25) is 17.7 Å². The number of phenols is 1. The summed E-state index contributed by atoms with van der Waals surface area (Å²) in [6.45, 7) is 4.01. The Labute approximate surface area is 222 Å². The van der Waals surface area contributed by atoms with Crippen LogP contribution in [-0.2, 0) is 25.6 Å². The van der Waals surface area contributed by atoms with Gasteiger partial charge in [0.1, 0.15) is 23.9 Å². The number of carboxylic acids is 1. The summed E-state index contributed by atoms with van der Waals surface area (Å²) in [6, 6.07) is 2.04. The summed E-state index contributed by atoms with van der Waals surface area (Å²) in [7, 11) is 0. The van der Waals surface area contributed by atoms with Gasteiger partial charge in [-0.3, -0.25) is 14.4 Å². The third-order valence-corrected chi connectivity index (χ3v) is 6.48. The average Bonchev–Trinajstić information content (AvgIpc) is 2.85. The Morgan fingerprint density at radius 2 is 1.43 bits per heavy atom. The Balaban J connectivity index is 3.01. The van der Waals surface area contributed by atoms with Crippen molar-refractivity contribution < 1.29 is 29.4 Å². The van der Waals surface area contributed by atoms with E-state index in [4.69, 9.17) is 11.5 Å². The molecule has 1 aromatic rings. The zero-order valence-corrected chi connectivity index (χ0v) is 22.6. The molecular formula is C25H41N5O6S. The van der Waals surface area contributed by atoms with Gasteiger partial charge in [-0.2, -0.15) is 11.8 Å². The molecule has 4 unspecified atom stereocenters. The van der Waals surface area contributed by atoms with Crippen molar-refractivity contribution >= 4 is 35.5 Å². The van der Waals surface area contributed by atoms with E-state index in [1.165, 1.54) is 23.9 Å². The summed E-state index contributed by atoms with van der Waals surface area (Å²) in [5, 5.41) is 27.0. The van der Waals surface area contributed by atoms with E-state index in [0.717, 1.165) is 0 Å². The van der Waals surface area contributed by atoms with E-state index in [1.807, 2.05) is 6.26 Å². The molecule has 0 aromatic heterocycles. The highest BCUT2D eigenvalue weighted by Gasteiger charge is 2.30. The van der Waals surface area contributed by atoms with E-state index in [2.05, 4.69) is 16.0 Å². The number of aliphatic carboxylic acids is 1. The number of benzene rings is 1. The maximum atomic E-state index is 13.1. The van der Waals surface area contributed by atoms with Crippen molar-refractivity contribution in [3.8, 4) is 5.75 Å². The molecule has 0 aliphatic heterocycles. The SMILES string of the molecule is CSCCC(NC(=O)C(N)C(C)C)C(=O)NC(CCCCN)C(=O)NC(Cc1ccc(O)cc1)C(=O)O. The summed E-state index contributed by atoms with van der Waals surface area (Å²) in [6.07, 6.45) is 3.59. The second-order valence-corrected chi connectivity index (χ2v) is 10.2. The number of hydrogen-bond acceptors (Lipinski definition) is 8. The van der Waals surface area contributed by atoms with Crippen LogP contribution in [0.15, 0.2) is 24.3 Å². The molecule has 0 aliphatic rings. The lowest BCUT2D eigenvalue weighted by molar-refractivity contribution is -0.142. The van der Waals surface area contributed by atoms with Crippen molar-refractivity contribution in [3.63, 3.8) is 0 Å². The van der Waals surface area contributed by atoms with Gasteiger partial charge in [0.15, 0.2) is 0 Å². The average molecular weight is 540 g/mol. The van der Waals surface area contributed by atoms with Crippen molar-refractivity contribution in [2.45, 2.75) is 70.1 Å². The number of carbonyl (C=O) groups excluding carboxylic acids is 3. The number of carbonyl (C=O) groups is 4. The minimum absolute atomic E-state index is 0.00961. The number of carboxylic acid groups (broad SMARTS) is 1. The Bertz CT molecular complexity index is 883. The van der Waals surface area contributed by atoms with Crippen molar-refractivity contribution in [2.75, 3.05) is 18.6 Å². The van der Waals surface area contributed by atoms with Gasteiger partial charge in [-0.25, -0.2) is 4.79 Å². The first-order chi connectivity index (χ1) is 17.5. The zero-order chi connectivity index (χ0) is 28.0. The Morgan fingerprint density at radius 1 is 0.892 bits per heavy atom. The number of nitrogens with two attached hydrogens (primary N) is 2. The van der Waals surface area contributed by atoms with Crippen LogP contribution in [0.3, 0.4) is 0 Å². The van der Waals surface area contributed by atoms with E-state index in [0.29, 0.717) is 37.1 Å². The van der Waals surface area contributed by atoms with E-state index >= 15 is 0 Å². The molecule has 0 spiro atoms. The molecule has 0 saturated carbocycles. The zero-order valence-electron chi connectivity index (χ0n) is 21.7. The van der Waals surface area contributed by atoms with Crippen molar-refractivity contribution in [2.24, 2.45) is 17.4 Å². The van der Waals surface area contributed by atoms with Crippen LogP contribution in [0.5, 0.6) is 5.75 Å². The fraction of sp³-hybridized carbons (Fsp3) is 0.600. The highest BCUT2D eigenvalue weighted by atomic mass is 32.2. The number of rotatable bonds is 17. The Morgan fingerprint density at radius 3 is 1.95 bits per heavy atom. The van der Waals surface area contributed by atoms with Crippen molar-refractivity contribution in [3.05, 3.63) is 29.8 Å². The molecule has 0 saturated heterocycles. The molecule has 12 heteroatoms. The molecule has 37 heavy (non-hydrogen) atoms. The van der Waals surface area contributed by atoms with Crippen LogP contribution < -0.4 is 27.4 Å². The highest BCUT2D eigenvalue weighted by Crippen LogP contribution is 2.12. The Hall–Kier alpha value is -2.83. The first kappa shape index (κ1) is 32.2. The standard InChI is InChI=1S/C25H41N5O6S/c1-15(2)21(27)24(34)29-19(11-13-37-3)23(33)28-18(6-4-5-12-26)22(32)30-20(25(35)36)14-16-7-9-17(31)10-8-16/h7-10,15,18-21,31H,4-6,11-14,26-27H2,1-3H3,(H,28,33)(H,29,34)(H,30,32)(H,35,36). The lowest BCUT2D eigenvalue weighted by Crippen LogP contribution is -2.57. The molecule has 0 heterocycles. The monoisotopic (exact) mass is 539 g/mol. The molecule has 0 fully saturated rings. The summed E-state index contributed by atoms with van der Waals surface area (Å²) in [4.78, 5) is 50.6. The first-order valence-electron chi connectivity index (χ1n) is 12.4. The third kappa shape index (κ3) is 11.8. The number of hydrogen-bond donors (Lipinski definition) is 7. The fourth-order valence-electron chi connectivity index (χ4n) is 3.45. The molecule has 1 aromatic carbocycles. The number of thioether (sulfide) groups is 1. The predicted octanol–water partition coefficient (Wildman–Crippen LogP) is 0.339. The van der Waals surface area contributed by atoms with Crippen LogP contribution in [0, 0.1) is 5.92 Å². The summed E-state index contributed by atoms with van der Waals surface area (Å²) < 4.78 is 0. The van der Waals surface area contributed by atoms with Crippen LogP contribution in [0.2, 0.25) is 0 Å². The van der Waals surface area contributed by atoms with Crippen molar-refractivity contribution in [1.29, 1.82) is 0 Å². The molecular weight excluding hydrogens is 498 g/mol. The molecule has 1 rings (SSSR count). The van der Waals surface area contributed by atoms with Gasteiger partial charge in [-0.15, -0.1) is 0 Å². The van der Waals surface area contributed by atoms with Gasteiger partial charge in [-0.1, -0.05) is 26.0 Å². The molecule has 0 aliphatic carbocycles. The van der Waals surface area contributed by atoms with Gasteiger partial charge in [0.25, 0.3) is 0 Å². The van der Waals surface area contributed by atoms with Crippen molar-refractivity contribution in [1.82, 2.24) is 16.0 Å². The molecule has 11 nitrogen and oxygen atoms in total. The van der Waals surface area contributed by atoms with Crippen LogP contribution in [-0.4, -0.2) is 76.6 Å². The Kier molecular flexibility index (Phi) is 14.6. The minimum Gasteiger partial charge on any atom is -0.508 e. The highest BCUT2D eigenvalue weighted by molar-refractivity contribution is 7.98.